The summed E-state index contributed by atoms with van der Waals surface area (Å²) in [6, 6.07) is 5.28. The van der Waals surface area contributed by atoms with Crippen molar-refractivity contribution >= 4 is 53.2 Å². The molecule has 2 aromatic rings. The second-order valence-corrected chi connectivity index (χ2v) is 11.2. The van der Waals surface area contributed by atoms with Gasteiger partial charge in [0.25, 0.3) is 11.8 Å². The molecule has 2 aliphatic rings. The molecule has 14 nitrogen and oxygen atoms in total. The van der Waals surface area contributed by atoms with Gasteiger partial charge in [0.1, 0.15) is 17.5 Å². The first kappa shape index (κ1) is 33.3. The number of nitrogens with zero attached hydrogens (tertiary/aromatic N) is 6. The van der Waals surface area contributed by atoms with Crippen LogP contribution in [0.2, 0.25) is 0 Å². The fraction of sp³-hybridized carbons (Fsp3) is 0.360. The number of benzene rings is 1. The van der Waals surface area contributed by atoms with Crippen molar-refractivity contribution in [1.82, 2.24) is 40.6 Å². The number of allylic oxidation sites excluding steroid dienone is 1. The van der Waals surface area contributed by atoms with Crippen LogP contribution in [0.3, 0.4) is 0 Å². The van der Waals surface area contributed by atoms with Crippen LogP contribution >= 0.6 is 23.5 Å². The predicted molar refractivity (Wildman–Crippen MR) is 146 cm³/mol. The molecule has 0 aliphatic carbocycles. The van der Waals surface area contributed by atoms with Crippen molar-refractivity contribution in [2.75, 3.05) is 18.6 Å². The summed E-state index contributed by atoms with van der Waals surface area (Å²) in [5.41, 5.74) is 1.01. The third kappa shape index (κ3) is 6.89. The van der Waals surface area contributed by atoms with Crippen molar-refractivity contribution in [2.45, 2.75) is 36.5 Å². The molecule has 1 fully saturated rings. The number of amides is 5. The number of carboxylic acids is 1. The molecule has 216 valence electrons. The van der Waals surface area contributed by atoms with Gasteiger partial charge in [0, 0.05) is 31.2 Å². The average Bonchev–Trinajstić information content (AvgIpc) is 3.39. The Labute approximate surface area is 272 Å². The molecule has 2 unspecified atom stereocenters. The van der Waals surface area contributed by atoms with Crippen LogP contribution in [0, 0.1) is 0 Å². The minimum absolute atomic E-state index is 0. The van der Waals surface area contributed by atoms with E-state index in [-0.39, 0.29) is 46.8 Å². The molecule has 0 saturated carbocycles. The van der Waals surface area contributed by atoms with E-state index in [4.69, 9.17) is 0 Å². The fourth-order valence-corrected chi connectivity index (χ4v) is 6.50. The van der Waals surface area contributed by atoms with Crippen molar-refractivity contribution in [3.8, 4) is 0 Å². The van der Waals surface area contributed by atoms with E-state index >= 15 is 0 Å². The monoisotopic (exact) mass is 622 g/mol. The second kappa shape index (κ2) is 14.3. The van der Waals surface area contributed by atoms with Crippen molar-refractivity contribution in [1.29, 1.82) is 0 Å². The molecule has 4 rings (SSSR count). The molecule has 42 heavy (non-hydrogen) atoms. The Morgan fingerprint density at radius 2 is 1.95 bits per heavy atom. The number of carbonyl (C=O) groups is 5. The largest absolute Gasteiger partial charge is 1.00 e. The van der Waals surface area contributed by atoms with Gasteiger partial charge in [0.2, 0.25) is 11.1 Å². The number of aromatic nitrogens is 4. The van der Waals surface area contributed by atoms with Gasteiger partial charge < -0.3 is 20.5 Å². The number of imide groups is 1. The zero-order valence-electron chi connectivity index (χ0n) is 23.6. The van der Waals surface area contributed by atoms with E-state index in [0.717, 1.165) is 9.80 Å². The maximum Gasteiger partial charge on any atom is 1.00 e. The molecule has 0 spiro atoms. The Bertz CT molecular complexity index is 1450. The fourth-order valence-electron chi connectivity index (χ4n) is 4.16. The summed E-state index contributed by atoms with van der Waals surface area (Å²) in [5, 5.41) is 28.2. The Morgan fingerprint density at radius 1 is 1.26 bits per heavy atom. The number of aryl methyl sites for hydroxylation is 1. The van der Waals surface area contributed by atoms with Crippen molar-refractivity contribution in [3.05, 3.63) is 58.8 Å². The standard InChI is InChI=1S/C25H28N8O6S2.Na/c1-5-13(2)20(35)31(3)24(39)27-16(14-9-7-6-8-10-14)19(34)26-17-21(36)33-18(23(37)38)15(11-40-22(17)33)12-41-25-28-29-30-32(25)4;/h5-10,16-17,22H,11-12H2,1-4H3,(H,26,34)(H,27,39)(H,37,38);/q;+1/p-1/b13-5+;/t16?,17?,22-;/m0./s1. The normalized spacial score (nSPS) is 18.7. The van der Waals surface area contributed by atoms with Crippen molar-refractivity contribution < 1.29 is 58.6 Å². The van der Waals surface area contributed by atoms with E-state index < -0.39 is 47.2 Å². The number of aliphatic carboxylic acids is 1. The summed E-state index contributed by atoms with van der Waals surface area (Å²) < 4.78 is 1.44. The molecule has 5 amide bonds. The van der Waals surface area contributed by atoms with E-state index in [1.807, 2.05) is 0 Å². The summed E-state index contributed by atoms with van der Waals surface area (Å²) >= 11 is 2.52. The molecule has 1 aromatic heterocycles. The Hall–Kier alpha value is -3.18. The molecule has 1 saturated heterocycles. The molecular weight excluding hydrogens is 595 g/mol. The zero-order valence-corrected chi connectivity index (χ0v) is 27.2. The van der Waals surface area contributed by atoms with Gasteiger partial charge in [0.15, 0.2) is 0 Å². The minimum atomic E-state index is -1.50. The van der Waals surface area contributed by atoms with Crippen LogP contribution in [0.5, 0.6) is 0 Å². The Balaban J connectivity index is 0.00000484. The smallest absolute Gasteiger partial charge is 0.543 e. The Kier molecular flexibility index (Phi) is 11.4. The van der Waals surface area contributed by atoms with E-state index in [2.05, 4.69) is 26.2 Å². The Morgan fingerprint density at radius 3 is 2.55 bits per heavy atom. The van der Waals surface area contributed by atoms with Gasteiger partial charge in [-0.2, -0.15) is 0 Å². The topological polar surface area (TPSA) is 183 Å². The van der Waals surface area contributed by atoms with Gasteiger partial charge in [-0.25, -0.2) is 9.48 Å². The summed E-state index contributed by atoms with van der Waals surface area (Å²) in [4.78, 5) is 66.0. The quantitative estimate of drug-likeness (QED) is 0.123. The van der Waals surface area contributed by atoms with Crippen LogP contribution < -0.4 is 45.3 Å². The van der Waals surface area contributed by atoms with Crippen molar-refractivity contribution in [3.63, 3.8) is 0 Å². The van der Waals surface area contributed by atoms with Crippen LogP contribution in [0.15, 0.2) is 58.4 Å². The third-order valence-electron chi connectivity index (χ3n) is 6.54. The predicted octanol–water partition coefficient (Wildman–Crippen LogP) is -3.41. The first-order valence-electron chi connectivity index (χ1n) is 12.3. The minimum Gasteiger partial charge on any atom is -0.543 e. The molecule has 17 heteroatoms. The number of nitrogens with one attached hydrogen (secondary N) is 2. The molecule has 2 aliphatic heterocycles. The van der Waals surface area contributed by atoms with E-state index in [1.165, 1.54) is 35.3 Å². The maximum absolute atomic E-state index is 13.4. The molecule has 3 heterocycles. The molecule has 0 bridgehead atoms. The average molecular weight is 623 g/mol. The second-order valence-electron chi connectivity index (χ2n) is 9.14. The van der Waals surface area contributed by atoms with Crippen LogP contribution in [-0.2, 0) is 26.2 Å². The number of β-lactam (4-membered cyclic amide) rings is 1. The first-order valence-corrected chi connectivity index (χ1v) is 14.4. The number of rotatable bonds is 9. The van der Waals surface area contributed by atoms with Crippen LogP contribution in [0.4, 0.5) is 4.79 Å². The number of carbonyl (C=O) groups excluding carboxylic acids is 5. The van der Waals surface area contributed by atoms with Gasteiger partial charge >= 0.3 is 35.6 Å². The molecule has 2 N–H and O–H groups in total. The van der Waals surface area contributed by atoms with Gasteiger partial charge in [-0.05, 0) is 35.4 Å². The molecule has 3 atom stereocenters. The number of hydrogen-bond acceptors (Lipinski definition) is 11. The number of carboxylic acid groups (broad SMARTS) is 1. The first-order chi connectivity index (χ1) is 19.5. The van der Waals surface area contributed by atoms with Gasteiger partial charge in [-0.3, -0.25) is 24.2 Å². The summed E-state index contributed by atoms with van der Waals surface area (Å²) in [6.07, 6.45) is 1.57. The number of urea groups is 1. The molecule has 0 radical (unpaired) electrons. The van der Waals surface area contributed by atoms with E-state index in [9.17, 15) is 29.1 Å². The van der Waals surface area contributed by atoms with Crippen LogP contribution in [0.25, 0.3) is 0 Å². The number of hydrogen-bond donors (Lipinski definition) is 2. The molecule has 1 aromatic carbocycles. The van der Waals surface area contributed by atoms with Crippen LogP contribution in [0.1, 0.15) is 25.5 Å². The number of tetrazole rings is 1. The SMILES string of the molecule is C/C=C(\C)C(=O)N(C)C(=O)NC(C(=O)NC1C(=O)N2C(C(=O)[O-])=C(CSc3nnnn3C)CS[C@@H]12)c1ccccc1.[Na+]. The van der Waals surface area contributed by atoms with Gasteiger partial charge in [0.05, 0.1) is 11.7 Å². The molecular formula is C25H27N8NaO6S2. The number of thioether (sulfide) groups is 2. The number of likely N-dealkylation sites (N-methyl/N-ethyl adjacent to an activating group) is 1. The van der Waals surface area contributed by atoms with Gasteiger partial charge in [-0.1, -0.05) is 48.2 Å². The van der Waals surface area contributed by atoms with Gasteiger partial charge in [-0.15, -0.1) is 16.9 Å². The zero-order chi connectivity index (χ0) is 29.8. The van der Waals surface area contributed by atoms with E-state index in [0.29, 0.717) is 21.9 Å². The summed E-state index contributed by atoms with van der Waals surface area (Å²) in [7, 11) is 2.94. The van der Waals surface area contributed by atoms with Crippen molar-refractivity contribution in [2.24, 2.45) is 7.05 Å². The van der Waals surface area contributed by atoms with E-state index in [1.54, 1.807) is 57.3 Å². The van der Waals surface area contributed by atoms with Crippen LogP contribution in [-0.4, -0.2) is 89.7 Å². The number of fused-ring (bicyclic) bond motifs is 1. The summed E-state index contributed by atoms with van der Waals surface area (Å²) in [6.45, 7) is 3.23. The third-order valence-corrected chi connectivity index (χ3v) is 8.97. The maximum atomic E-state index is 13.4. The summed E-state index contributed by atoms with van der Waals surface area (Å²) in [5.74, 6) is -2.85.